The van der Waals surface area contributed by atoms with Gasteiger partial charge in [-0.1, -0.05) is 0 Å². The Bertz CT molecular complexity index is 185. The largest absolute Gasteiger partial charge is 0.472 e. The molecule has 1 fully saturated rings. The summed E-state index contributed by atoms with van der Waals surface area (Å²) in [6.07, 6.45) is 6.20. The normalized spacial score (nSPS) is 31.2. The second kappa shape index (κ2) is 3.05. The molecule has 0 radical (unpaired) electrons. The van der Waals surface area contributed by atoms with Crippen molar-refractivity contribution in [2.24, 2.45) is 4.99 Å². The van der Waals surface area contributed by atoms with Crippen LogP contribution in [0.25, 0.3) is 0 Å². The van der Waals surface area contributed by atoms with Crippen LogP contribution in [0.4, 0.5) is 0 Å². The molecule has 1 spiro atoms. The summed E-state index contributed by atoms with van der Waals surface area (Å²) < 4.78 is 11.1. The van der Waals surface area contributed by atoms with Gasteiger partial charge in [-0.05, 0) is 32.6 Å². The Balaban J connectivity index is 2.05. The number of aliphatic imine (C=N–C) groups is 1. The quantitative estimate of drug-likeness (QED) is 0.630. The van der Waals surface area contributed by atoms with Gasteiger partial charge in [0.15, 0.2) is 18.2 Å². The van der Waals surface area contributed by atoms with E-state index in [-0.39, 0.29) is 11.8 Å². The van der Waals surface area contributed by atoms with Gasteiger partial charge in [-0.2, -0.15) is 0 Å². The van der Waals surface area contributed by atoms with Gasteiger partial charge in [-0.15, -0.1) is 0 Å². The summed E-state index contributed by atoms with van der Waals surface area (Å²) in [4.78, 5) is 4.19. The highest BCUT2D eigenvalue weighted by atomic mass is 16.6. The van der Waals surface area contributed by atoms with Gasteiger partial charge < -0.3 is 9.47 Å². The molecule has 0 saturated heterocycles. The van der Waals surface area contributed by atoms with Crippen LogP contribution in [0.1, 0.15) is 32.6 Å². The maximum Gasteiger partial charge on any atom is 0.190 e. The van der Waals surface area contributed by atoms with Gasteiger partial charge in [-0.3, -0.25) is 0 Å². The van der Waals surface area contributed by atoms with Crippen LogP contribution in [0.5, 0.6) is 0 Å². The topological polar surface area (TPSA) is 30.8 Å². The standard InChI is InChI=1S/C9H15NO2/c1-2-11-8-9(12-7-10-8)5-3-4-6-9/h7-8H,2-6H2,1H3. The first-order valence-electron chi connectivity index (χ1n) is 4.68. The summed E-state index contributed by atoms with van der Waals surface area (Å²) in [6, 6.07) is 0. The first-order chi connectivity index (χ1) is 5.87. The fourth-order valence-corrected chi connectivity index (χ4v) is 2.08. The second-order valence-corrected chi connectivity index (χ2v) is 3.45. The van der Waals surface area contributed by atoms with E-state index in [0.29, 0.717) is 6.61 Å². The third-order valence-corrected chi connectivity index (χ3v) is 2.71. The molecule has 0 bridgehead atoms. The number of rotatable bonds is 2. The Kier molecular flexibility index (Phi) is 2.05. The second-order valence-electron chi connectivity index (χ2n) is 3.45. The van der Waals surface area contributed by atoms with Crippen LogP contribution in [-0.2, 0) is 9.47 Å². The molecule has 1 saturated carbocycles. The van der Waals surface area contributed by atoms with Crippen LogP contribution < -0.4 is 0 Å². The lowest BCUT2D eigenvalue weighted by Gasteiger charge is -2.27. The van der Waals surface area contributed by atoms with Crippen LogP contribution in [0, 0.1) is 0 Å². The lowest BCUT2D eigenvalue weighted by atomic mass is 10.0. The Morgan fingerprint density at radius 3 is 3.00 bits per heavy atom. The van der Waals surface area contributed by atoms with E-state index in [0.717, 1.165) is 12.8 Å². The SMILES string of the molecule is CCOC1N=COC12CCCC2. The molecule has 1 unspecified atom stereocenters. The van der Waals surface area contributed by atoms with E-state index in [1.807, 2.05) is 6.92 Å². The molecular formula is C9H15NO2. The zero-order chi connectivity index (χ0) is 8.44. The molecule has 68 valence electrons. The van der Waals surface area contributed by atoms with Gasteiger partial charge in [-0.25, -0.2) is 4.99 Å². The average molecular weight is 169 g/mol. The molecule has 1 aliphatic heterocycles. The van der Waals surface area contributed by atoms with Gasteiger partial charge in [0.05, 0.1) is 0 Å². The maximum atomic E-state index is 5.55. The van der Waals surface area contributed by atoms with Crippen LogP contribution in [-0.4, -0.2) is 24.8 Å². The fourth-order valence-electron chi connectivity index (χ4n) is 2.08. The summed E-state index contributed by atoms with van der Waals surface area (Å²) in [5, 5.41) is 0. The van der Waals surface area contributed by atoms with Crippen molar-refractivity contribution < 1.29 is 9.47 Å². The van der Waals surface area contributed by atoms with E-state index >= 15 is 0 Å². The molecule has 0 aromatic carbocycles. The number of hydrogen-bond donors (Lipinski definition) is 0. The summed E-state index contributed by atoms with van der Waals surface area (Å²) in [5.74, 6) is 0. The van der Waals surface area contributed by atoms with Crippen molar-refractivity contribution in [1.82, 2.24) is 0 Å². The smallest absolute Gasteiger partial charge is 0.190 e. The fraction of sp³-hybridized carbons (Fsp3) is 0.889. The third-order valence-electron chi connectivity index (χ3n) is 2.71. The highest BCUT2D eigenvalue weighted by molar-refractivity contribution is 5.51. The molecule has 3 heteroatoms. The minimum absolute atomic E-state index is 0.0370. The first kappa shape index (κ1) is 8.05. The number of ether oxygens (including phenoxy) is 2. The van der Waals surface area contributed by atoms with E-state index < -0.39 is 0 Å². The number of nitrogens with zero attached hydrogens (tertiary/aromatic N) is 1. The predicted octanol–water partition coefficient (Wildman–Crippen LogP) is 1.72. The molecule has 0 N–H and O–H groups in total. The molecule has 12 heavy (non-hydrogen) atoms. The summed E-state index contributed by atoms with van der Waals surface area (Å²) in [7, 11) is 0. The summed E-state index contributed by atoms with van der Waals surface area (Å²) in [6.45, 7) is 2.71. The monoisotopic (exact) mass is 169 g/mol. The van der Waals surface area contributed by atoms with Gasteiger partial charge in [0.25, 0.3) is 0 Å². The minimum atomic E-state index is -0.0873. The van der Waals surface area contributed by atoms with E-state index in [1.165, 1.54) is 12.8 Å². The van der Waals surface area contributed by atoms with Crippen molar-refractivity contribution in [3.63, 3.8) is 0 Å². The van der Waals surface area contributed by atoms with Crippen LogP contribution >= 0.6 is 0 Å². The van der Waals surface area contributed by atoms with E-state index in [2.05, 4.69) is 4.99 Å². The van der Waals surface area contributed by atoms with Crippen LogP contribution in [0.2, 0.25) is 0 Å². The molecule has 2 rings (SSSR count). The molecule has 1 aliphatic carbocycles. The number of hydrogen-bond acceptors (Lipinski definition) is 3. The van der Waals surface area contributed by atoms with Crippen molar-refractivity contribution >= 4 is 6.40 Å². The van der Waals surface area contributed by atoms with Crippen molar-refractivity contribution in [1.29, 1.82) is 0 Å². The average Bonchev–Trinajstić information content (AvgIpc) is 2.66. The predicted molar refractivity (Wildman–Crippen MR) is 46.2 cm³/mol. The molecule has 0 amide bonds. The summed E-state index contributed by atoms with van der Waals surface area (Å²) in [5.41, 5.74) is -0.0873. The molecular weight excluding hydrogens is 154 g/mol. The Morgan fingerprint density at radius 2 is 2.33 bits per heavy atom. The van der Waals surface area contributed by atoms with Crippen molar-refractivity contribution in [2.75, 3.05) is 6.61 Å². The van der Waals surface area contributed by atoms with Gasteiger partial charge in [0, 0.05) is 6.61 Å². The van der Waals surface area contributed by atoms with E-state index in [1.54, 1.807) is 6.40 Å². The lowest BCUT2D eigenvalue weighted by molar-refractivity contribution is -0.0640. The molecule has 2 aliphatic rings. The van der Waals surface area contributed by atoms with Crippen LogP contribution in [0.3, 0.4) is 0 Å². The zero-order valence-corrected chi connectivity index (χ0v) is 7.45. The first-order valence-corrected chi connectivity index (χ1v) is 4.68. The summed E-state index contributed by atoms with van der Waals surface area (Å²) >= 11 is 0. The van der Waals surface area contributed by atoms with E-state index in [9.17, 15) is 0 Å². The van der Waals surface area contributed by atoms with E-state index in [4.69, 9.17) is 9.47 Å². The third kappa shape index (κ3) is 1.12. The van der Waals surface area contributed by atoms with Gasteiger partial charge in [0.1, 0.15) is 0 Å². The highest BCUT2D eigenvalue weighted by Crippen LogP contribution is 2.39. The lowest BCUT2D eigenvalue weighted by Crippen LogP contribution is -2.38. The molecule has 0 aromatic rings. The Labute approximate surface area is 72.8 Å². The highest BCUT2D eigenvalue weighted by Gasteiger charge is 2.46. The van der Waals surface area contributed by atoms with Crippen LogP contribution in [0.15, 0.2) is 4.99 Å². The van der Waals surface area contributed by atoms with Gasteiger partial charge in [0.2, 0.25) is 0 Å². The Morgan fingerprint density at radius 1 is 1.58 bits per heavy atom. The van der Waals surface area contributed by atoms with Crippen molar-refractivity contribution in [3.05, 3.63) is 0 Å². The van der Waals surface area contributed by atoms with Crippen molar-refractivity contribution in [2.45, 2.75) is 44.4 Å². The molecule has 1 atom stereocenters. The maximum absolute atomic E-state index is 5.55. The molecule has 1 heterocycles. The minimum Gasteiger partial charge on any atom is -0.472 e. The van der Waals surface area contributed by atoms with Gasteiger partial charge >= 0.3 is 0 Å². The van der Waals surface area contributed by atoms with Crippen molar-refractivity contribution in [3.8, 4) is 0 Å². The Hall–Kier alpha value is -0.570. The molecule has 0 aromatic heterocycles. The zero-order valence-electron chi connectivity index (χ0n) is 7.45. The molecule has 3 nitrogen and oxygen atoms in total.